The predicted molar refractivity (Wildman–Crippen MR) is 53.7 cm³/mol. The number of primary amides is 1. The lowest BCUT2D eigenvalue weighted by atomic mass is 10.2. The Kier molecular flexibility index (Phi) is 4.32. The number of nitrogens with two attached hydrogens (primary N) is 1. The van der Waals surface area contributed by atoms with E-state index in [-0.39, 0.29) is 18.9 Å². The van der Waals surface area contributed by atoms with E-state index in [0.717, 1.165) is 5.12 Å². The first kappa shape index (κ1) is 12.5. The molecule has 1 aliphatic rings. The average molecular weight is 230 g/mol. The summed E-state index contributed by atoms with van der Waals surface area (Å²) in [4.78, 5) is 32.3. The first-order valence-corrected chi connectivity index (χ1v) is 4.80. The maximum Gasteiger partial charge on any atom is 0.240 e. The molecule has 0 aromatic heterocycles. The standard InChI is InChI=1S/C8H14N4O4/c1-6(13)7-4-11(2-3-16-7)12(10-15)5-8(9)14/h7H,2-5H2,1H3,(H2,9,14). The molecule has 1 fully saturated rings. The van der Waals surface area contributed by atoms with Crippen molar-refractivity contribution in [3.63, 3.8) is 0 Å². The molecule has 0 saturated carbocycles. The summed E-state index contributed by atoms with van der Waals surface area (Å²) in [6.07, 6.45) is -0.592. The topological polar surface area (TPSA) is 105 Å². The lowest BCUT2D eigenvalue weighted by molar-refractivity contribution is -0.153. The summed E-state index contributed by atoms with van der Waals surface area (Å²) in [7, 11) is 0. The number of carbonyl (C=O) groups excluding carboxylic acids is 2. The summed E-state index contributed by atoms with van der Waals surface area (Å²) < 4.78 is 5.19. The molecular formula is C8H14N4O4. The summed E-state index contributed by atoms with van der Waals surface area (Å²) in [5, 5.41) is 5.08. The van der Waals surface area contributed by atoms with E-state index < -0.39 is 12.0 Å². The molecule has 1 atom stereocenters. The fraction of sp³-hybridized carbons (Fsp3) is 0.750. The quantitative estimate of drug-likeness (QED) is 0.463. The van der Waals surface area contributed by atoms with E-state index in [2.05, 4.69) is 5.29 Å². The molecule has 8 heteroatoms. The molecule has 1 unspecified atom stereocenters. The van der Waals surface area contributed by atoms with E-state index in [0.29, 0.717) is 13.2 Å². The number of morpholine rings is 1. The van der Waals surface area contributed by atoms with Crippen molar-refractivity contribution in [2.24, 2.45) is 11.0 Å². The number of nitrogens with zero attached hydrogens (tertiary/aromatic N) is 3. The Balaban J connectivity index is 2.60. The number of Topliss-reactive ketones (excluding diaryl/α,β-unsaturated/α-hetero) is 1. The van der Waals surface area contributed by atoms with Gasteiger partial charge in [-0.1, -0.05) is 0 Å². The molecule has 0 bridgehead atoms. The van der Waals surface area contributed by atoms with Gasteiger partial charge in [0, 0.05) is 6.54 Å². The van der Waals surface area contributed by atoms with Crippen LogP contribution in [0, 0.1) is 4.91 Å². The van der Waals surface area contributed by atoms with Gasteiger partial charge in [-0.3, -0.25) is 9.59 Å². The minimum atomic E-state index is -0.662. The zero-order chi connectivity index (χ0) is 12.1. The molecule has 1 amide bonds. The van der Waals surface area contributed by atoms with Crippen LogP contribution in [0.3, 0.4) is 0 Å². The van der Waals surface area contributed by atoms with Crippen molar-refractivity contribution in [3.8, 4) is 0 Å². The van der Waals surface area contributed by atoms with Gasteiger partial charge >= 0.3 is 0 Å². The van der Waals surface area contributed by atoms with E-state index in [1.807, 2.05) is 0 Å². The number of hydrazine groups is 1. The number of nitroso groups, excluding NO2 is 1. The predicted octanol–water partition coefficient (Wildman–Crippen LogP) is -1.34. The van der Waals surface area contributed by atoms with E-state index >= 15 is 0 Å². The van der Waals surface area contributed by atoms with Crippen molar-refractivity contribution in [1.29, 1.82) is 0 Å². The smallest absolute Gasteiger partial charge is 0.240 e. The number of hydrogen-bond acceptors (Lipinski definition) is 6. The minimum Gasteiger partial charge on any atom is -0.368 e. The van der Waals surface area contributed by atoms with Crippen LogP contribution in [0.2, 0.25) is 0 Å². The van der Waals surface area contributed by atoms with Crippen LogP contribution in [0.1, 0.15) is 6.92 Å². The monoisotopic (exact) mass is 230 g/mol. The summed E-state index contributed by atoms with van der Waals surface area (Å²) in [5.41, 5.74) is 4.97. The molecule has 1 saturated heterocycles. The summed E-state index contributed by atoms with van der Waals surface area (Å²) in [5.74, 6) is -0.792. The van der Waals surface area contributed by atoms with Gasteiger partial charge in [0.1, 0.15) is 12.6 Å². The Bertz CT molecular complexity index is 296. The first-order chi connectivity index (χ1) is 7.54. The molecule has 0 aliphatic carbocycles. The second kappa shape index (κ2) is 5.52. The highest BCUT2D eigenvalue weighted by Crippen LogP contribution is 2.09. The maximum atomic E-state index is 11.1. The van der Waals surface area contributed by atoms with Crippen LogP contribution < -0.4 is 5.73 Å². The molecule has 1 heterocycles. The molecule has 16 heavy (non-hydrogen) atoms. The normalized spacial score (nSPS) is 21.4. The third-order valence-electron chi connectivity index (χ3n) is 2.22. The van der Waals surface area contributed by atoms with Gasteiger partial charge < -0.3 is 10.5 Å². The van der Waals surface area contributed by atoms with Gasteiger partial charge in [-0.05, 0) is 6.92 Å². The van der Waals surface area contributed by atoms with Crippen molar-refractivity contribution in [2.75, 3.05) is 26.2 Å². The van der Waals surface area contributed by atoms with Crippen molar-refractivity contribution in [3.05, 3.63) is 4.91 Å². The van der Waals surface area contributed by atoms with Crippen molar-refractivity contribution < 1.29 is 14.3 Å². The maximum absolute atomic E-state index is 11.1. The van der Waals surface area contributed by atoms with E-state index in [4.69, 9.17) is 10.5 Å². The second-order valence-corrected chi connectivity index (χ2v) is 3.46. The van der Waals surface area contributed by atoms with Gasteiger partial charge in [-0.25, -0.2) is 0 Å². The van der Waals surface area contributed by atoms with Gasteiger partial charge in [0.25, 0.3) is 0 Å². The SMILES string of the molecule is CC(=O)C1CN(N(CC(N)=O)N=O)CCO1. The Morgan fingerprint density at radius 2 is 2.31 bits per heavy atom. The highest BCUT2D eigenvalue weighted by Gasteiger charge is 2.28. The van der Waals surface area contributed by atoms with Crippen LogP contribution in [-0.4, -0.2) is 54.2 Å². The minimum absolute atomic E-state index is 0.130. The van der Waals surface area contributed by atoms with E-state index in [1.165, 1.54) is 11.9 Å². The van der Waals surface area contributed by atoms with Crippen LogP contribution >= 0.6 is 0 Å². The van der Waals surface area contributed by atoms with Gasteiger partial charge in [-0.2, -0.15) is 10.1 Å². The fourth-order valence-electron chi connectivity index (χ4n) is 1.41. The summed E-state index contributed by atoms with van der Waals surface area (Å²) in [6, 6.07) is 0. The van der Waals surface area contributed by atoms with Crippen LogP contribution in [0.15, 0.2) is 5.29 Å². The van der Waals surface area contributed by atoms with Gasteiger partial charge in [0.2, 0.25) is 5.91 Å². The summed E-state index contributed by atoms with van der Waals surface area (Å²) >= 11 is 0. The number of ketones is 1. The number of carbonyl (C=O) groups is 2. The Hall–Kier alpha value is -1.54. The Labute approximate surface area is 92.2 Å². The van der Waals surface area contributed by atoms with Gasteiger partial charge in [0.15, 0.2) is 5.78 Å². The summed E-state index contributed by atoms with van der Waals surface area (Å²) in [6.45, 7) is 2.00. The van der Waals surface area contributed by atoms with Gasteiger partial charge in [0.05, 0.1) is 18.4 Å². The molecule has 0 aromatic rings. The molecule has 0 spiro atoms. The lowest BCUT2D eigenvalue weighted by Crippen LogP contribution is -2.53. The molecule has 1 aliphatic heterocycles. The van der Waals surface area contributed by atoms with Crippen molar-refractivity contribution in [2.45, 2.75) is 13.0 Å². The number of rotatable bonds is 5. The molecule has 90 valence electrons. The van der Waals surface area contributed by atoms with Crippen LogP contribution in [0.25, 0.3) is 0 Å². The van der Waals surface area contributed by atoms with Gasteiger partial charge in [-0.15, -0.1) is 4.91 Å². The average Bonchev–Trinajstić information content (AvgIpc) is 2.25. The molecular weight excluding hydrogens is 216 g/mol. The van der Waals surface area contributed by atoms with E-state index in [9.17, 15) is 14.5 Å². The third-order valence-corrected chi connectivity index (χ3v) is 2.22. The van der Waals surface area contributed by atoms with Crippen LogP contribution in [0.5, 0.6) is 0 Å². The van der Waals surface area contributed by atoms with Crippen LogP contribution in [-0.2, 0) is 14.3 Å². The van der Waals surface area contributed by atoms with Crippen LogP contribution in [0.4, 0.5) is 0 Å². The fourth-order valence-corrected chi connectivity index (χ4v) is 1.41. The highest BCUT2D eigenvalue weighted by molar-refractivity contribution is 5.80. The molecule has 8 nitrogen and oxygen atoms in total. The van der Waals surface area contributed by atoms with Crippen molar-refractivity contribution >= 4 is 11.7 Å². The third kappa shape index (κ3) is 3.24. The molecule has 2 N–H and O–H groups in total. The van der Waals surface area contributed by atoms with E-state index in [1.54, 1.807) is 0 Å². The number of hydrogen-bond donors (Lipinski definition) is 1. The largest absolute Gasteiger partial charge is 0.368 e. The Morgan fingerprint density at radius 3 is 2.81 bits per heavy atom. The highest BCUT2D eigenvalue weighted by atomic mass is 16.5. The Morgan fingerprint density at radius 1 is 1.62 bits per heavy atom. The molecule has 0 radical (unpaired) electrons. The second-order valence-electron chi connectivity index (χ2n) is 3.46. The zero-order valence-electron chi connectivity index (χ0n) is 8.96. The zero-order valence-corrected chi connectivity index (χ0v) is 8.96. The van der Waals surface area contributed by atoms with Crippen molar-refractivity contribution in [1.82, 2.24) is 10.1 Å². The number of ether oxygens (including phenoxy) is 1. The number of amides is 1. The first-order valence-electron chi connectivity index (χ1n) is 4.80. The lowest BCUT2D eigenvalue weighted by Gasteiger charge is -2.35. The molecule has 1 rings (SSSR count). The molecule has 0 aromatic carbocycles.